The summed E-state index contributed by atoms with van der Waals surface area (Å²) < 4.78 is 15.4. The molecule has 4 aromatic rings. The number of carbonyl (C=O) groups is 1. The Labute approximate surface area is 403 Å². The molecule has 1 saturated carbocycles. The van der Waals surface area contributed by atoms with Crippen LogP contribution in [0.4, 0.5) is 0 Å². The van der Waals surface area contributed by atoms with Crippen LogP contribution in [0.3, 0.4) is 0 Å². The lowest BCUT2D eigenvalue weighted by Gasteiger charge is -2.57. The maximum Gasteiger partial charge on any atom is 0.153 e. The van der Waals surface area contributed by atoms with E-state index in [0.29, 0.717) is 36.5 Å². The van der Waals surface area contributed by atoms with Crippen LogP contribution in [0.25, 0.3) is 11.3 Å². The van der Waals surface area contributed by atoms with Gasteiger partial charge < -0.3 is 29.6 Å². The second kappa shape index (κ2) is 18.9. The first kappa shape index (κ1) is 47.7. The van der Waals surface area contributed by atoms with Gasteiger partial charge in [0.1, 0.15) is 17.3 Å². The summed E-state index contributed by atoms with van der Waals surface area (Å²) in [5.74, 6) is 3.22. The van der Waals surface area contributed by atoms with Gasteiger partial charge >= 0.3 is 0 Å². The van der Waals surface area contributed by atoms with Crippen LogP contribution in [0.1, 0.15) is 70.8 Å². The molecule has 7 unspecified atom stereocenters. The third-order valence-electron chi connectivity index (χ3n) is 16.9. The van der Waals surface area contributed by atoms with Gasteiger partial charge in [0.05, 0.1) is 35.9 Å². The van der Waals surface area contributed by atoms with E-state index in [4.69, 9.17) is 37.7 Å². The number of aromatic nitrogens is 2. The lowest BCUT2D eigenvalue weighted by Crippen LogP contribution is -2.73. The highest BCUT2D eigenvalue weighted by Gasteiger charge is 2.76. The third-order valence-corrected chi connectivity index (χ3v) is 17.4. The van der Waals surface area contributed by atoms with Gasteiger partial charge in [-0.15, -0.1) is 0 Å². The van der Waals surface area contributed by atoms with Crippen molar-refractivity contribution >= 4 is 29.0 Å². The van der Waals surface area contributed by atoms with Crippen LogP contribution in [0.2, 0.25) is 10.0 Å². The molecule has 2 bridgehead atoms. The summed E-state index contributed by atoms with van der Waals surface area (Å²) in [6, 6.07) is 22.8. The highest BCUT2D eigenvalue weighted by Crippen LogP contribution is 2.62. The Morgan fingerprint density at radius 2 is 1.64 bits per heavy atom. The number of benzene rings is 3. The van der Waals surface area contributed by atoms with E-state index in [1.165, 1.54) is 5.56 Å². The van der Waals surface area contributed by atoms with Gasteiger partial charge in [-0.05, 0) is 135 Å². The zero-order valence-electron chi connectivity index (χ0n) is 40.7. The van der Waals surface area contributed by atoms with Gasteiger partial charge in [-0.2, -0.15) is 0 Å². The fourth-order valence-corrected chi connectivity index (χ4v) is 14.2. The van der Waals surface area contributed by atoms with Gasteiger partial charge in [-0.3, -0.25) is 19.5 Å². The second-order valence-electron chi connectivity index (χ2n) is 20.7. The van der Waals surface area contributed by atoms with E-state index < -0.39 is 10.8 Å². The predicted octanol–water partition coefficient (Wildman–Crippen LogP) is 8.17. The average Bonchev–Trinajstić information content (AvgIpc) is 3.93. The minimum Gasteiger partial charge on any atom is -0.457 e. The number of hydrogen-bond acceptors (Lipinski definition) is 10. The molecular weight excluding hydrogens is 868 g/mol. The fourth-order valence-electron chi connectivity index (χ4n) is 13.9. The van der Waals surface area contributed by atoms with Crippen molar-refractivity contribution in [1.82, 2.24) is 39.8 Å². The molecule has 12 atom stereocenters. The molecule has 1 aromatic heterocycles. The Kier molecular flexibility index (Phi) is 13.6. The number of nitrogens with zero attached hydrogens (tertiary/aromatic N) is 6. The standard InChI is InChI=1S/C53H72Cl2N8O3/c1-11-52-46-23-32(3)49(52)60(8)33(4)27-56-45-26-40(24-35-13-18-38(54)19-14-35)61(9)50-42(31-65-12-2)58-48(53(45,50)51(52)64)34(5)63(46)29-37-15-20-39(55)25-44(37)66-41-21-16-36(17-22-41)43-28-57-47(62(43)10)30-59(6)7/h13-22,25,28,32-34,40,42,45-46,48-50,56,58H,11-12,23-24,26-27,29-31H2,1-10H3/t32-,33+,34+,40+,42-,45?,46?,48?,49?,50?,52?,53?/m1/s1. The molecule has 11 nitrogen and oxygen atoms in total. The Bertz CT molecular complexity index is 2360. The number of likely N-dealkylation sites (N-methyl/N-ethyl adjacent to an activating group) is 2. The van der Waals surface area contributed by atoms with E-state index in [9.17, 15) is 0 Å². The zero-order valence-corrected chi connectivity index (χ0v) is 42.2. The number of carbonyl (C=O) groups excluding carboxylic acids is 1. The number of halogens is 2. The van der Waals surface area contributed by atoms with Crippen molar-refractivity contribution in [2.75, 3.05) is 47.9 Å². The van der Waals surface area contributed by atoms with Gasteiger partial charge in [0.2, 0.25) is 0 Å². The zero-order chi connectivity index (χ0) is 46.8. The number of hydrogen-bond donors (Lipinski definition) is 2. The number of nitrogens with one attached hydrogen (secondary N) is 2. The molecule has 5 aliphatic rings. The van der Waals surface area contributed by atoms with Crippen LogP contribution in [0.15, 0.2) is 72.9 Å². The number of piperidine rings is 1. The molecule has 4 aliphatic heterocycles. The molecule has 0 radical (unpaired) electrons. The SMILES string of the molecule is CCOC[C@H]1NC2[C@H](C)N(Cc3ccc(Cl)cc3Oc3ccc(-c4cnc(CN(C)C)n4C)cc3)C3C[C@@H](C)C4N(C)[C@@H](C)CNC5C[C@H](Cc6ccc(Cl)cc6)N(C)C1C52C(=O)C43CC. The van der Waals surface area contributed by atoms with Crippen molar-refractivity contribution in [2.24, 2.45) is 23.8 Å². The number of rotatable bonds is 13. The highest BCUT2D eigenvalue weighted by atomic mass is 35.5. The van der Waals surface area contributed by atoms with Crippen LogP contribution in [0.5, 0.6) is 11.5 Å². The normalized spacial score (nSPS) is 33.7. The van der Waals surface area contributed by atoms with Crippen LogP contribution in [-0.4, -0.2) is 137 Å². The second-order valence-corrected chi connectivity index (χ2v) is 21.6. The van der Waals surface area contributed by atoms with E-state index in [0.717, 1.165) is 77.9 Å². The Morgan fingerprint density at radius 3 is 2.33 bits per heavy atom. The number of ether oxygens (including phenoxy) is 2. The molecule has 0 amide bonds. The van der Waals surface area contributed by atoms with E-state index in [1.807, 2.05) is 42.6 Å². The maximum atomic E-state index is 17.1. The van der Waals surface area contributed by atoms with Crippen LogP contribution >= 0.6 is 23.2 Å². The minimum absolute atomic E-state index is 0.00218. The molecular formula is C53H72Cl2N8O3. The van der Waals surface area contributed by atoms with E-state index >= 15 is 4.79 Å². The molecule has 13 heteroatoms. The highest BCUT2D eigenvalue weighted by molar-refractivity contribution is 6.31. The Balaban J connectivity index is 1.13. The average molecular weight is 940 g/mol. The summed E-state index contributed by atoms with van der Waals surface area (Å²) in [6.45, 7) is 14.9. The van der Waals surface area contributed by atoms with Gasteiger partial charge in [-0.25, -0.2) is 4.98 Å². The smallest absolute Gasteiger partial charge is 0.153 e. The largest absolute Gasteiger partial charge is 0.457 e. The molecule has 1 spiro atoms. The molecule has 66 heavy (non-hydrogen) atoms. The van der Waals surface area contributed by atoms with Crippen molar-refractivity contribution in [3.05, 3.63) is 99.9 Å². The first-order valence-electron chi connectivity index (χ1n) is 24.4. The van der Waals surface area contributed by atoms with Crippen molar-refractivity contribution in [3.8, 4) is 22.8 Å². The fraction of sp³-hybridized carbons (Fsp3) is 0.585. The van der Waals surface area contributed by atoms with Gasteiger partial charge in [-0.1, -0.05) is 55.2 Å². The lowest BCUT2D eigenvalue weighted by molar-refractivity contribution is -0.154. The summed E-state index contributed by atoms with van der Waals surface area (Å²) in [6.07, 6.45) is 5.37. The summed E-state index contributed by atoms with van der Waals surface area (Å²) in [5.41, 5.74) is 3.06. The van der Waals surface area contributed by atoms with E-state index in [-0.39, 0.29) is 54.4 Å². The van der Waals surface area contributed by atoms with Crippen LogP contribution in [0, 0.1) is 16.7 Å². The topological polar surface area (TPSA) is 90.4 Å². The molecule has 356 valence electrons. The van der Waals surface area contributed by atoms with E-state index in [2.05, 4.69) is 135 Å². The Hall–Kier alpha value is -3.36. The van der Waals surface area contributed by atoms with Crippen LogP contribution < -0.4 is 15.4 Å². The minimum atomic E-state index is -0.731. The van der Waals surface area contributed by atoms with Crippen molar-refractivity contribution in [1.29, 1.82) is 0 Å². The third kappa shape index (κ3) is 7.96. The lowest BCUT2D eigenvalue weighted by atomic mass is 9.54. The van der Waals surface area contributed by atoms with Crippen molar-refractivity contribution < 1.29 is 14.3 Å². The number of ketones is 1. The molecule has 4 saturated heterocycles. The predicted molar refractivity (Wildman–Crippen MR) is 265 cm³/mol. The maximum absolute atomic E-state index is 17.1. The number of imidazole rings is 1. The van der Waals surface area contributed by atoms with Gasteiger partial charge in [0.15, 0.2) is 5.78 Å². The van der Waals surface area contributed by atoms with Crippen molar-refractivity contribution in [2.45, 2.75) is 128 Å². The van der Waals surface area contributed by atoms with E-state index in [1.54, 1.807) is 0 Å². The summed E-state index contributed by atoms with van der Waals surface area (Å²) in [7, 11) is 10.8. The first-order chi connectivity index (χ1) is 31.6. The first-order valence-corrected chi connectivity index (χ1v) is 25.2. The summed E-state index contributed by atoms with van der Waals surface area (Å²) in [4.78, 5) is 31.8. The molecule has 3 aromatic carbocycles. The molecule has 5 heterocycles. The summed E-state index contributed by atoms with van der Waals surface area (Å²) in [5, 5.41) is 9.80. The van der Waals surface area contributed by atoms with Gasteiger partial charge in [0.25, 0.3) is 0 Å². The Morgan fingerprint density at radius 1 is 0.909 bits per heavy atom. The molecule has 2 N–H and O–H groups in total. The quantitative estimate of drug-likeness (QED) is 0.137. The van der Waals surface area contributed by atoms with Crippen LogP contribution in [-0.2, 0) is 36.1 Å². The monoisotopic (exact) mass is 939 g/mol. The molecule has 5 fully saturated rings. The summed E-state index contributed by atoms with van der Waals surface area (Å²) >= 11 is 13.2. The number of Topliss-reactive ketones (excluding diaryl/α,β-unsaturated/α-hetero) is 1. The molecule has 1 aliphatic carbocycles. The van der Waals surface area contributed by atoms with Crippen molar-refractivity contribution in [3.63, 3.8) is 0 Å². The number of likely N-dealkylation sites (tertiary alicyclic amines) is 2. The molecule has 9 rings (SSSR count). The van der Waals surface area contributed by atoms with Gasteiger partial charge in [0, 0.05) is 102 Å².